The van der Waals surface area contributed by atoms with Crippen molar-refractivity contribution in [2.75, 3.05) is 12.3 Å². The second kappa shape index (κ2) is 6.81. The molecular weight excluding hydrogens is 278 g/mol. The molecule has 1 amide bonds. The lowest BCUT2D eigenvalue weighted by molar-refractivity contribution is -0.131. The summed E-state index contributed by atoms with van der Waals surface area (Å²) < 4.78 is 0. The van der Waals surface area contributed by atoms with Gasteiger partial charge in [0.25, 0.3) is 0 Å². The standard InChI is InChI=1S/C18H19NOS/c20-18(11-13-21-17-8-2-1-3-9-17)19-12-10-15-6-4-5-7-16(15)14-19/h1-9H,10-14H2. The maximum absolute atomic E-state index is 12.3. The Morgan fingerprint density at radius 2 is 1.71 bits per heavy atom. The molecule has 0 aliphatic carbocycles. The molecule has 0 fully saturated rings. The van der Waals surface area contributed by atoms with Crippen LogP contribution < -0.4 is 0 Å². The molecule has 0 saturated carbocycles. The minimum atomic E-state index is 0.271. The van der Waals surface area contributed by atoms with Crippen LogP contribution in [0, 0.1) is 0 Å². The molecular formula is C18H19NOS. The fourth-order valence-corrected chi connectivity index (χ4v) is 3.50. The Morgan fingerprint density at radius 3 is 2.52 bits per heavy atom. The minimum absolute atomic E-state index is 0.271. The fraction of sp³-hybridized carbons (Fsp3) is 0.278. The first-order valence-electron chi connectivity index (χ1n) is 7.35. The van der Waals surface area contributed by atoms with Gasteiger partial charge in [0, 0.05) is 30.2 Å². The summed E-state index contributed by atoms with van der Waals surface area (Å²) in [5.74, 6) is 1.12. The van der Waals surface area contributed by atoms with E-state index in [0.717, 1.165) is 25.3 Å². The van der Waals surface area contributed by atoms with Crippen LogP contribution in [0.3, 0.4) is 0 Å². The molecule has 0 saturated heterocycles. The van der Waals surface area contributed by atoms with E-state index in [9.17, 15) is 4.79 Å². The van der Waals surface area contributed by atoms with Crippen LogP contribution in [0.15, 0.2) is 59.5 Å². The maximum atomic E-state index is 12.3. The molecule has 0 atom stereocenters. The molecule has 21 heavy (non-hydrogen) atoms. The zero-order valence-electron chi connectivity index (χ0n) is 12.0. The average Bonchev–Trinajstić information content (AvgIpc) is 2.55. The molecule has 1 aliphatic heterocycles. The van der Waals surface area contributed by atoms with Crippen molar-refractivity contribution in [3.05, 3.63) is 65.7 Å². The van der Waals surface area contributed by atoms with E-state index < -0.39 is 0 Å². The lowest BCUT2D eigenvalue weighted by Crippen LogP contribution is -2.36. The molecule has 0 unspecified atom stereocenters. The highest BCUT2D eigenvalue weighted by Gasteiger charge is 2.19. The fourth-order valence-electron chi connectivity index (χ4n) is 2.64. The molecule has 2 nitrogen and oxygen atoms in total. The van der Waals surface area contributed by atoms with Gasteiger partial charge in [-0.25, -0.2) is 0 Å². The van der Waals surface area contributed by atoms with Crippen LogP contribution in [-0.4, -0.2) is 23.1 Å². The van der Waals surface area contributed by atoms with Gasteiger partial charge in [0.2, 0.25) is 5.91 Å². The Morgan fingerprint density at radius 1 is 1.00 bits per heavy atom. The molecule has 2 aromatic carbocycles. The Balaban J connectivity index is 1.50. The highest BCUT2D eigenvalue weighted by molar-refractivity contribution is 7.99. The van der Waals surface area contributed by atoms with Crippen molar-refractivity contribution in [3.8, 4) is 0 Å². The van der Waals surface area contributed by atoms with Crippen LogP contribution in [-0.2, 0) is 17.8 Å². The van der Waals surface area contributed by atoms with Crippen molar-refractivity contribution < 1.29 is 4.79 Å². The molecule has 1 heterocycles. The van der Waals surface area contributed by atoms with Crippen molar-refractivity contribution in [2.24, 2.45) is 0 Å². The molecule has 0 N–H and O–H groups in total. The molecule has 0 aromatic heterocycles. The summed E-state index contributed by atoms with van der Waals surface area (Å²) in [7, 11) is 0. The SMILES string of the molecule is O=C(CCSc1ccccc1)N1CCc2ccccc2C1. The minimum Gasteiger partial charge on any atom is -0.338 e. The molecule has 0 bridgehead atoms. The predicted octanol–water partition coefficient (Wildman–Crippen LogP) is 3.75. The Hall–Kier alpha value is -1.74. The number of hydrogen-bond donors (Lipinski definition) is 0. The van der Waals surface area contributed by atoms with Gasteiger partial charge < -0.3 is 4.90 Å². The number of fused-ring (bicyclic) bond motifs is 1. The summed E-state index contributed by atoms with van der Waals surface area (Å²) in [5.41, 5.74) is 2.69. The normalized spacial score (nSPS) is 13.8. The summed E-state index contributed by atoms with van der Waals surface area (Å²) >= 11 is 1.75. The maximum Gasteiger partial charge on any atom is 0.223 e. The van der Waals surface area contributed by atoms with Crippen LogP contribution in [0.1, 0.15) is 17.5 Å². The largest absolute Gasteiger partial charge is 0.338 e. The third-order valence-corrected chi connectivity index (χ3v) is 4.82. The molecule has 3 rings (SSSR count). The van der Waals surface area contributed by atoms with E-state index in [4.69, 9.17) is 0 Å². The number of hydrogen-bond acceptors (Lipinski definition) is 2. The van der Waals surface area contributed by atoms with E-state index in [-0.39, 0.29) is 5.91 Å². The van der Waals surface area contributed by atoms with Crippen molar-refractivity contribution in [1.29, 1.82) is 0 Å². The van der Waals surface area contributed by atoms with E-state index in [1.165, 1.54) is 16.0 Å². The van der Waals surface area contributed by atoms with Crippen LogP contribution >= 0.6 is 11.8 Å². The van der Waals surface area contributed by atoms with E-state index in [1.54, 1.807) is 11.8 Å². The van der Waals surface area contributed by atoms with Crippen molar-refractivity contribution in [3.63, 3.8) is 0 Å². The third-order valence-electron chi connectivity index (χ3n) is 3.81. The van der Waals surface area contributed by atoms with E-state index in [2.05, 4.69) is 36.4 Å². The zero-order valence-corrected chi connectivity index (χ0v) is 12.8. The number of nitrogens with zero attached hydrogens (tertiary/aromatic N) is 1. The summed E-state index contributed by atoms with van der Waals surface area (Å²) in [5, 5.41) is 0. The predicted molar refractivity (Wildman–Crippen MR) is 87.3 cm³/mol. The van der Waals surface area contributed by atoms with Gasteiger partial charge in [0.1, 0.15) is 0 Å². The first-order chi connectivity index (χ1) is 10.3. The highest BCUT2D eigenvalue weighted by atomic mass is 32.2. The van der Waals surface area contributed by atoms with Gasteiger partial charge in [-0.3, -0.25) is 4.79 Å². The van der Waals surface area contributed by atoms with Gasteiger partial charge in [-0.05, 0) is 29.7 Å². The second-order valence-corrected chi connectivity index (χ2v) is 6.41. The molecule has 1 aliphatic rings. The number of benzene rings is 2. The molecule has 2 aromatic rings. The van der Waals surface area contributed by atoms with Gasteiger partial charge in [-0.15, -0.1) is 11.8 Å². The average molecular weight is 297 g/mol. The van der Waals surface area contributed by atoms with Crippen LogP contribution in [0.4, 0.5) is 0 Å². The first-order valence-corrected chi connectivity index (χ1v) is 8.34. The Kier molecular flexibility index (Phi) is 4.61. The van der Waals surface area contributed by atoms with E-state index in [0.29, 0.717) is 6.42 Å². The molecule has 3 heteroatoms. The number of amides is 1. The summed E-state index contributed by atoms with van der Waals surface area (Å²) in [6.07, 6.45) is 1.59. The van der Waals surface area contributed by atoms with Crippen molar-refractivity contribution in [2.45, 2.75) is 24.3 Å². The Bertz CT molecular complexity index is 612. The lowest BCUT2D eigenvalue weighted by Gasteiger charge is -2.28. The third kappa shape index (κ3) is 3.67. The van der Waals surface area contributed by atoms with Crippen LogP contribution in [0.2, 0.25) is 0 Å². The van der Waals surface area contributed by atoms with E-state index in [1.807, 2.05) is 23.1 Å². The lowest BCUT2D eigenvalue weighted by atomic mass is 10.00. The molecule has 108 valence electrons. The number of thioether (sulfide) groups is 1. The smallest absolute Gasteiger partial charge is 0.223 e. The van der Waals surface area contributed by atoms with Crippen LogP contribution in [0.25, 0.3) is 0 Å². The quantitative estimate of drug-likeness (QED) is 0.801. The number of carbonyl (C=O) groups excluding carboxylic acids is 1. The van der Waals surface area contributed by atoms with E-state index >= 15 is 0 Å². The first kappa shape index (κ1) is 14.2. The van der Waals surface area contributed by atoms with Gasteiger partial charge in [0.05, 0.1) is 0 Å². The summed E-state index contributed by atoms with van der Waals surface area (Å²) in [6.45, 7) is 1.62. The second-order valence-electron chi connectivity index (χ2n) is 5.25. The van der Waals surface area contributed by atoms with Gasteiger partial charge in [-0.2, -0.15) is 0 Å². The molecule has 0 radical (unpaired) electrons. The number of carbonyl (C=O) groups is 1. The highest BCUT2D eigenvalue weighted by Crippen LogP contribution is 2.21. The molecule has 0 spiro atoms. The van der Waals surface area contributed by atoms with Crippen LogP contribution in [0.5, 0.6) is 0 Å². The zero-order chi connectivity index (χ0) is 14.5. The van der Waals surface area contributed by atoms with Gasteiger partial charge in [-0.1, -0.05) is 42.5 Å². The summed E-state index contributed by atoms with van der Waals surface area (Å²) in [6, 6.07) is 18.7. The monoisotopic (exact) mass is 297 g/mol. The van der Waals surface area contributed by atoms with Gasteiger partial charge >= 0.3 is 0 Å². The number of rotatable bonds is 4. The topological polar surface area (TPSA) is 20.3 Å². The summed E-state index contributed by atoms with van der Waals surface area (Å²) in [4.78, 5) is 15.5. The van der Waals surface area contributed by atoms with Crippen molar-refractivity contribution in [1.82, 2.24) is 4.90 Å². The van der Waals surface area contributed by atoms with Crippen molar-refractivity contribution >= 4 is 17.7 Å². The van der Waals surface area contributed by atoms with Gasteiger partial charge in [0.15, 0.2) is 0 Å². The Labute approximate surface area is 130 Å².